The number of carbonyl (C=O) groups excluding carboxylic acids is 1. The molecule has 0 heterocycles. The molecule has 0 spiro atoms. The van der Waals surface area contributed by atoms with Crippen molar-refractivity contribution in [3.8, 4) is 0 Å². The van der Waals surface area contributed by atoms with E-state index in [0.717, 1.165) is 6.26 Å². The first-order valence-electron chi connectivity index (χ1n) is 6.09. The first-order chi connectivity index (χ1) is 10.3. The van der Waals surface area contributed by atoms with Crippen LogP contribution in [0.5, 0.6) is 0 Å². The molecule has 22 heavy (non-hydrogen) atoms. The lowest BCUT2D eigenvalue weighted by atomic mass is 10.2. The Morgan fingerprint density at radius 3 is 2.45 bits per heavy atom. The molecule has 2 N–H and O–H groups in total. The third kappa shape index (κ3) is 4.19. The van der Waals surface area contributed by atoms with Crippen LogP contribution in [0.3, 0.4) is 0 Å². The maximum Gasteiger partial charge on any atom is 0.255 e. The zero-order valence-electron chi connectivity index (χ0n) is 11.4. The number of carbonyl (C=O) groups is 1. The number of halogens is 2. The summed E-state index contributed by atoms with van der Waals surface area (Å²) in [5.74, 6) is -1.15. The number of rotatable bonds is 4. The highest BCUT2D eigenvalue weighted by atomic mass is 35.5. The lowest BCUT2D eigenvalue weighted by Gasteiger charge is -2.10. The van der Waals surface area contributed by atoms with Crippen LogP contribution in [-0.4, -0.2) is 20.6 Å². The molecular weight excluding hydrogens is 331 g/mol. The topological polar surface area (TPSA) is 75.3 Å². The Bertz CT molecular complexity index is 825. The van der Waals surface area contributed by atoms with Gasteiger partial charge < -0.3 is 5.32 Å². The molecule has 2 aromatic rings. The molecule has 0 aromatic heterocycles. The molecule has 0 aliphatic rings. The fourth-order valence-corrected chi connectivity index (χ4v) is 2.49. The standard InChI is InChI=1S/C14H12ClFN2O3S/c1-22(20,21)18-13-8-9(6-7-10(13)15)14(19)17-12-5-3-2-4-11(12)16/h2-8,18H,1H3,(H,17,19). The van der Waals surface area contributed by atoms with E-state index < -0.39 is 21.7 Å². The van der Waals surface area contributed by atoms with Crippen molar-refractivity contribution in [2.75, 3.05) is 16.3 Å². The van der Waals surface area contributed by atoms with Gasteiger partial charge in [-0.3, -0.25) is 9.52 Å². The van der Waals surface area contributed by atoms with Gasteiger partial charge in [-0.2, -0.15) is 0 Å². The van der Waals surface area contributed by atoms with Gasteiger partial charge in [-0.15, -0.1) is 0 Å². The molecule has 0 saturated carbocycles. The average Bonchev–Trinajstić information content (AvgIpc) is 2.42. The van der Waals surface area contributed by atoms with E-state index in [1.807, 2.05) is 0 Å². The van der Waals surface area contributed by atoms with Gasteiger partial charge in [-0.1, -0.05) is 23.7 Å². The van der Waals surface area contributed by atoms with E-state index >= 15 is 0 Å². The average molecular weight is 343 g/mol. The highest BCUT2D eigenvalue weighted by molar-refractivity contribution is 7.92. The largest absolute Gasteiger partial charge is 0.319 e. The van der Waals surface area contributed by atoms with Crippen LogP contribution in [0.25, 0.3) is 0 Å². The van der Waals surface area contributed by atoms with Crippen LogP contribution in [0.1, 0.15) is 10.4 Å². The second kappa shape index (κ2) is 6.33. The molecule has 0 bridgehead atoms. The lowest BCUT2D eigenvalue weighted by Crippen LogP contribution is -2.14. The molecule has 5 nitrogen and oxygen atoms in total. The quantitative estimate of drug-likeness (QED) is 0.896. The summed E-state index contributed by atoms with van der Waals surface area (Å²) in [5, 5.41) is 2.55. The van der Waals surface area contributed by atoms with E-state index in [1.165, 1.54) is 36.4 Å². The van der Waals surface area contributed by atoms with Gasteiger partial charge >= 0.3 is 0 Å². The van der Waals surface area contributed by atoms with Crippen molar-refractivity contribution in [1.29, 1.82) is 0 Å². The maximum absolute atomic E-state index is 13.5. The molecule has 0 fully saturated rings. The van der Waals surface area contributed by atoms with Gasteiger partial charge in [0.25, 0.3) is 5.91 Å². The molecule has 0 aliphatic heterocycles. The molecule has 0 unspecified atom stereocenters. The van der Waals surface area contributed by atoms with Gasteiger partial charge in [-0.05, 0) is 30.3 Å². The van der Waals surface area contributed by atoms with E-state index in [2.05, 4.69) is 10.0 Å². The zero-order chi connectivity index (χ0) is 16.3. The van der Waals surface area contributed by atoms with E-state index in [4.69, 9.17) is 11.6 Å². The van der Waals surface area contributed by atoms with Crippen molar-refractivity contribution in [3.05, 3.63) is 58.9 Å². The first-order valence-corrected chi connectivity index (χ1v) is 8.36. The van der Waals surface area contributed by atoms with E-state index in [9.17, 15) is 17.6 Å². The van der Waals surface area contributed by atoms with Crippen molar-refractivity contribution in [2.45, 2.75) is 0 Å². The summed E-state index contributed by atoms with van der Waals surface area (Å²) in [6.45, 7) is 0. The fraction of sp³-hybridized carbons (Fsp3) is 0.0714. The minimum absolute atomic E-state index is 0.0278. The smallest absolute Gasteiger partial charge is 0.255 e. The summed E-state index contributed by atoms with van der Waals surface area (Å²) in [7, 11) is -3.53. The molecular formula is C14H12ClFN2O3S. The van der Waals surface area contributed by atoms with Crippen molar-refractivity contribution < 1.29 is 17.6 Å². The van der Waals surface area contributed by atoms with Crippen LogP contribution in [0.15, 0.2) is 42.5 Å². The minimum atomic E-state index is -3.53. The van der Waals surface area contributed by atoms with Gasteiger partial charge in [0.2, 0.25) is 10.0 Å². The summed E-state index contributed by atoms with van der Waals surface area (Å²) in [5.41, 5.74) is 0.240. The molecule has 2 aromatic carbocycles. The van der Waals surface area contributed by atoms with Gasteiger partial charge in [0.05, 0.1) is 22.7 Å². The second-order valence-corrected chi connectivity index (χ2v) is 6.66. The fourth-order valence-electron chi connectivity index (χ4n) is 1.70. The number of sulfonamides is 1. The molecule has 0 aliphatic carbocycles. The van der Waals surface area contributed by atoms with Crippen LogP contribution in [-0.2, 0) is 10.0 Å². The Kier molecular flexibility index (Phi) is 4.68. The van der Waals surface area contributed by atoms with E-state index in [1.54, 1.807) is 6.07 Å². The lowest BCUT2D eigenvalue weighted by molar-refractivity contribution is 0.102. The van der Waals surface area contributed by atoms with Crippen molar-refractivity contribution >= 4 is 38.9 Å². The van der Waals surface area contributed by atoms with Gasteiger partial charge in [-0.25, -0.2) is 12.8 Å². The molecule has 0 saturated heterocycles. The third-order valence-electron chi connectivity index (χ3n) is 2.65. The minimum Gasteiger partial charge on any atom is -0.319 e. The normalized spacial score (nSPS) is 11.0. The second-order valence-electron chi connectivity index (χ2n) is 4.50. The summed E-state index contributed by atoms with van der Waals surface area (Å²) in [6, 6.07) is 9.78. The Labute approximate surface area is 132 Å². The monoisotopic (exact) mass is 342 g/mol. The van der Waals surface area contributed by atoms with Crippen LogP contribution < -0.4 is 10.0 Å². The Hall–Kier alpha value is -2.12. The predicted octanol–water partition coefficient (Wildman–Crippen LogP) is 3.10. The molecule has 2 rings (SSSR count). The van der Waals surface area contributed by atoms with E-state index in [0.29, 0.717) is 0 Å². The summed E-state index contributed by atoms with van der Waals surface area (Å²) < 4.78 is 38.2. The first kappa shape index (κ1) is 16.3. The number of nitrogens with one attached hydrogen (secondary N) is 2. The van der Waals surface area contributed by atoms with Crippen molar-refractivity contribution in [2.24, 2.45) is 0 Å². The summed E-state index contributed by atoms with van der Waals surface area (Å²) in [6.07, 6.45) is 0.968. The number of para-hydroxylation sites is 1. The number of anilines is 2. The summed E-state index contributed by atoms with van der Waals surface area (Å²) in [4.78, 5) is 12.1. The van der Waals surface area contributed by atoms with Crippen molar-refractivity contribution in [1.82, 2.24) is 0 Å². The Balaban J connectivity index is 2.27. The van der Waals surface area contributed by atoms with Crippen LogP contribution in [0, 0.1) is 5.82 Å². The molecule has 0 atom stereocenters. The van der Waals surface area contributed by atoms with E-state index in [-0.39, 0.29) is 22.0 Å². The van der Waals surface area contributed by atoms with Crippen LogP contribution >= 0.6 is 11.6 Å². The third-order valence-corrected chi connectivity index (χ3v) is 3.57. The van der Waals surface area contributed by atoms with Gasteiger partial charge in [0.1, 0.15) is 5.82 Å². The Morgan fingerprint density at radius 2 is 1.82 bits per heavy atom. The van der Waals surface area contributed by atoms with Crippen LogP contribution in [0.2, 0.25) is 5.02 Å². The number of hydrogen-bond donors (Lipinski definition) is 2. The van der Waals surface area contributed by atoms with Crippen molar-refractivity contribution in [3.63, 3.8) is 0 Å². The number of hydrogen-bond acceptors (Lipinski definition) is 3. The van der Waals surface area contributed by atoms with Crippen LogP contribution in [0.4, 0.5) is 15.8 Å². The highest BCUT2D eigenvalue weighted by Crippen LogP contribution is 2.24. The molecule has 1 amide bonds. The van der Waals surface area contributed by atoms with Gasteiger partial charge in [0.15, 0.2) is 0 Å². The molecule has 8 heteroatoms. The summed E-state index contributed by atoms with van der Waals surface area (Å²) >= 11 is 5.87. The number of benzene rings is 2. The number of amides is 1. The van der Waals surface area contributed by atoms with Gasteiger partial charge in [0, 0.05) is 5.56 Å². The Morgan fingerprint density at radius 1 is 1.14 bits per heavy atom. The predicted molar refractivity (Wildman–Crippen MR) is 84.3 cm³/mol. The maximum atomic E-state index is 13.5. The molecule has 0 radical (unpaired) electrons. The SMILES string of the molecule is CS(=O)(=O)Nc1cc(C(=O)Nc2ccccc2F)ccc1Cl. The zero-order valence-corrected chi connectivity index (χ0v) is 13.0. The molecule has 116 valence electrons. The highest BCUT2D eigenvalue weighted by Gasteiger charge is 2.13.